The highest BCUT2D eigenvalue weighted by atomic mass is 32.2. The first kappa shape index (κ1) is 18.0. The Bertz CT molecular complexity index is 890. The Balaban J connectivity index is 1.73. The van der Waals surface area contributed by atoms with Gasteiger partial charge in [0.05, 0.1) is 17.2 Å². The number of hydrogen-bond donors (Lipinski definition) is 0. The van der Waals surface area contributed by atoms with Crippen LogP contribution in [0.3, 0.4) is 0 Å². The van der Waals surface area contributed by atoms with Crippen LogP contribution in [-0.2, 0) is 23.0 Å². The number of benzene rings is 1. The molecule has 1 aliphatic heterocycles. The first-order valence-corrected chi connectivity index (χ1v) is 10.9. The number of carbonyl (C=O) groups excluding carboxylic acids is 1. The molecule has 3 rings (SSSR count). The number of nitrogens with zero attached hydrogens (tertiary/aromatic N) is 3. The largest absolute Gasteiger partial charge is 0.326 e. The molecule has 0 fully saturated rings. The van der Waals surface area contributed by atoms with Gasteiger partial charge in [0, 0.05) is 31.0 Å². The molecule has 25 heavy (non-hydrogen) atoms. The second-order valence-electron chi connectivity index (χ2n) is 5.77. The van der Waals surface area contributed by atoms with Gasteiger partial charge in [-0.05, 0) is 44.0 Å². The van der Waals surface area contributed by atoms with Crippen LogP contribution in [0, 0.1) is 0 Å². The fourth-order valence-corrected chi connectivity index (χ4v) is 4.96. The molecular weight excluding hydrogens is 358 g/mol. The van der Waals surface area contributed by atoms with E-state index in [1.54, 1.807) is 25.3 Å². The van der Waals surface area contributed by atoms with Crippen molar-refractivity contribution in [2.45, 2.75) is 32.0 Å². The van der Waals surface area contributed by atoms with E-state index < -0.39 is 10.0 Å². The number of aryl methyl sites for hydroxylation is 1. The Kier molecular flexibility index (Phi) is 5.19. The van der Waals surface area contributed by atoms with E-state index in [9.17, 15) is 13.2 Å². The van der Waals surface area contributed by atoms with Gasteiger partial charge in [0.25, 0.3) is 0 Å². The molecule has 0 radical (unpaired) electrons. The zero-order valence-corrected chi connectivity index (χ0v) is 15.9. The molecule has 0 N–H and O–H groups in total. The van der Waals surface area contributed by atoms with Gasteiger partial charge in [0.1, 0.15) is 0 Å². The lowest BCUT2D eigenvalue weighted by Crippen LogP contribution is -2.30. The average Bonchev–Trinajstić information content (AvgIpc) is 3.25. The summed E-state index contributed by atoms with van der Waals surface area (Å²) in [5.74, 6) is 0.413. The van der Waals surface area contributed by atoms with Crippen LogP contribution in [0.4, 0.5) is 5.69 Å². The van der Waals surface area contributed by atoms with Crippen LogP contribution in [0.2, 0.25) is 0 Å². The van der Waals surface area contributed by atoms with Gasteiger partial charge in [-0.25, -0.2) is 13.4 Å². The number of hydrogen-bond acceptors (Lipinski definition) is 5. The third-order valence-electron chi connectivity index (χ3n) is 4.31. The van der Waals surface area contributed by atoms with Crippen molar-refractivity contribution in [3.63, 3.8) is 0 Å². The molecule has 1 aliphatic rings. The maximum Gasteiger partial charge on any atom is 0.234 e. The maximum atomic E-state index is 12.5. The Morgan fingerprint density at radius 2 is 2.12 bits per heavy atom. The van der Waals surface area contributed by atoms with E-state index in [2.05, 4.69) is 4.98 Å². The minimum Gasteiger partial charge on any atom is -0.326 e. The van der Waals surface area contributed by atoms with E-state index in [0.717, 1.165) is 17.3 Å². The first-order chi connectivity index (χ1) is 12.0. The van der Waals surface area contributed by atoms with Crippen LogP contribution in [-0.4, -0.2) is 41.8 Å². The number of sulfonamides is 1. The van der Waals surface area contributed by atoms with Crippen molar-refractivity contribution >= 4 is 33.3 Å². The van der Waals surface area contributed by atoms with Crippen molar-refractivity contribution < 1.29 is 13.2 Å². The monoisotopic (exact) mass is 379 g/mol. The number of ketones is 1. The van der Waals surface area contributed by atoms with Crippen molar-refractivity contribution in [1.82, 2.24) is 9.55 Å². The van der Waals surface area contributed by atoms with Crippen molar-refractivity contribution in [2.24, 2.45) is 0 Å². The molecule has 0 bridgehead atoms. The lowest BCUT2D eigenvalue weighted by Gasteiger charge is -2.18. The fraction of sp³-hybridized carbons (Fsp3) is 0.412. The second-order valence-corrected chi connectivity index (χ2v) is 8.90. The van der Waals surface area contributed by atoms with E-state index in [0.29, 0.717) is 30.0 Å². The SMILES string of the molecule is CCn1ccnc1SCC(=O)c1ccc2c(c1)CCN2S(=O)(=O)CC. The van der Waals surface area contributed by atoms with E-state index in [1.807, 2.05) is 23.8 Å². The highest BCUT2D eigenvalue weighted by molar-refractivity contribution is 7.99. The van der Waals surface area contributed by atoms with Crippen molar-refractivity contribution in [1.29, 1.82) is 0 Å². The standard InChI is InChI=1S/C17H21N3O3S2/c1-3-19-10-8-18-17(19)24-12-16(21)14-5-6-15-13(11-14)7-9-20(15)25(22,23)4-2/h5-6,8,10-11H,3-4,7,9,12H2,1-2H3. The Hall–Kier alpha value is -1.80. The molecule has 0 aliphatic carbocycles. The van der Waals surface area contributed by atoms with E-state index >= 15 is 0 Å². The third kappa shape index (κ3) is 3.59. The number of anilines is 1. The number of carbonyl (C=O) groups is 1. The number of Topliss-reactive ketones (excluding diaryl/α,β-unsaturated/α-hetero) is 1. The molecule has 6 nitrogen and oxygen atoms in total. The summed E-state index contributed by atoms with van der Waals surface area (Å²) in [4.78, 5) is 16.7. The first-order valence-electron chi connectivity index (χ1n) is 8.26. The number of rotatable bonds is 7. The summed E-state index contributed by atoms with van der Waals surface area (Å²) in [6.07, 6.45) is 4.27. The molecule has 0 saturated carbocycles. The van der Waals surface area contributed by atoms with Crippen molar-refractivity contribution in [2.75, 3.05) is 22.4 Å². The third-order valence-corrected chi connectivity index (χ3v) is 7.09. The number of thioether (sulfide) groups is 1. The summed E-state index contributed by atoms with van der Waals surface area (Å²) in [6.45, 7) is 4.94. The molecule has 0 atom stereocenters. The normalized spacial score (nSPS) is 13.9. The van der Waals surface area contributed by atoms with Crippen LogP contribution < -0.4 is 4.31 Å². The van der Waals surface area contributed by atoms with E-state index in [-0.39, 0.29) is 11.5 Å². The number of fused-ring (bicyclic) bond motifs is 1. The van der Waals surface area contributed by atoms with Crippen LogP contribution in [0.1, 0.15) is 29.8 Å². The molecule has 2 heterocycles. The summed E-state index contributed by atoms with van der Waals surface area (Å²) < 4.78 is 27.7. The van der Waals surface area contributed by atoms with Crippen molar-refractivity contribution in [3.05, 3.63) is 41.7 Å². The molecule has 1 aromatic heterocycles. The summed E-state index contributed by atoms with van der Waals surface area (Å²) in [7, 11) is -3.26. The minimum absolute atomic E-state index is 0.0234. The predicted octanol–water partition coefficient (Wildman–Crippen LogP) is 2.59. The number of imidazole rings is 1. The highest BCUT2D eigenvalue weighted by Crippen LogP contribution is 2.31. The quantitative estimate of drug-likeness (QED) is 0.546. The molecular formula is C17H21N3O3S2. The lowest BCUT2D eigenvalue weighted by atomic mass is 10.1. The van der Waals surface area contributed by atoms with Gasteiger partial charge in [-0.1, -0.05) is 11.8 Å². The lowest BCUT2D eigenvalue weighted by molar-refractivity contribution is 0.102. The molecule has 0 spiro atoms. The fourth-order valence-electron chi connectivity index (χ4n) is 2.88. The van der Waals surface area contributed by atoms with Gasteiger partial charge in [-0.3, -0.25) is 9.10 Å². The molecule has 0 amide bonds. The maximum absolute atomic E-state index is 12.5. The zero-order valence-electron chi connectivity index (χ0n) is 14.3. The van der Waals surface area contributed by atoms with Crippen LogP contribution >= 0.6 is 11.8 Å². The smallest absolute Gasteiger partial charge is 0.234 e. The second kappa shape index (κ2) is 7.21. The van der Waals surface area contributed by atoms with E-state index in [4.69, 9.17) is 0 Å². The van der Waals surface area contributed by atoms with Crippen molar-refractivity contribution in [3.8, 4) is 0 Å². The number of aromatic nitrogens is 2. The summed E-state index contributed by atoms with van der Waals surface area (Å²) >= 11 is 1.42. The predicted molar refractivity (Wildman–Crippen MR) is 99.9 cm³/mol. The zero-order chi connectivity index (χ0) is 18.0. The molecule has 2 aromatic rings. The van der Waals surface area contributed by atoms with Crippen LogP contribution in [0.25, 0.3) is 0 Å². The van der Waals surface area contributed by atoms with Gasteiger partial charge in [0.15, 0.2) is 10.9 Å². The Morgan fingerprint density at radius 1 is 1.32 bits per heavy atom. The molecule has 0 saturated heterocycles. The topological polar surface area (TPSA) is 72.3 Å². The summed E-state index contributed by atoms with van der Waals surface area (Å²) in [5.41, 5.74) is 2.24. The molecule has 134 valence electrons. The average molecular weight is 380 g/mol. The summed E-state index contributed by atoms with van der Waals surface area (Å²) in [6, 6.07) is 5.30. The molecule has 1 aromatic carbocycles. The molecule has 8 heteroatoms. The molecule has 0 unspecified atom stereocenters. The van der Waals surface area contributed by atoms with Crippen LogP contribution in [0.5, 0.6) is 0 Å². The Labute approximate surface area is 152 Å². The van der Waals surface area contributed by atoms with Gasteiger partial charge < -0.3 is 4.57 Å². The summed E-state index contributed by atoms with van der Waals surface area (Å²) in [5, 5.41) is 0.831. The van der Waals surface area contributed by atoms with E-state index in [1.165, 1.54) is 16.1 Å². The van der Waals surface area contributed by atoms with Gasteiger partial charge in [0.2, 0.25) is 10.0 Å². The van der Waals surface area contributed by atoms with Gasteiger partial charge in [-0.15, -0.1) is 0 Å². The minimum atomic E-state index is -3.26. The van der Waals surface area contributed by atoms with Gasteiger partial charge >= 0.3 is 0 Å². The van der Waals surface area contributed by atoms with Gasteiger partial charge in [-0.2, -0.15) is 0 Å². The Morgan fingerprint density at radius 3 is 2.84 bits per heavy atom. The van der Waals surface area contributed by atoms with Crippen LogP contribution in [0.15, 0.2) is 35.7 Å². The highest BCUT2D eigenvalue weighted by Gasteiger charge is 2.28.